The maximum atomic E-state index is 12.0. The van der Waals surface area contributed by atoms with E-state index in [4.69, 9.17) is 0 Å². The Hall–Kier alpha value is -2.96. The molecule has 1 aromatic carbocycles. The lowest BCUT2D eigenvalue weighted by Crippen LogP contribution is -2.32. The number of hydrogen-bond acceptors (Lipinski definition) is 4. The first-order valence-electron chi connectivity index (χ1n) is 6.45. The van der Waals surface area contributed by atoms with Crippen molar-refractivity contribution in [3.8, 4) is 0 Å². The van der Waals surface area contributed by atoms with Crippen LogP contribution < -0.4 is 11.0 Å². The van der Waals surface area contributed by atoms with Crippen molar-refractivity contribution in [3.63, 3.8) is 0 Å². The van der Waals surface area contributed by atoms with Gasteiger partial charge >= 0.3 is 5.69 Å². The molecule has 21 heavy (non-hydrogen) atoms. The lowest BCUT2D eigenvalue weighted by Gasteiger charge is -2.04. The first-order valence-corrected chi connectivity index (χ1v) is 6.45. The van der Waals surface area contributed by atoms with Crippen molar-refractivity contribution in [2.75, 3.05) is 0 Å². The minimum Gasteiger partial charge on any atom is -0.350 e. The predicted molar refractivity (Wildman–Crippen MR) is 75.5 cm³/mol. The third kappa shape index (κ3) is 2.81. The van der Waals surface area contributed by atoms with Crippen LogP contribution in [0.15, 0.2) is 53.6 Å². The van der Waals surface area contributed by atoms with Gasteiger partial charge in [0.05, 0.1) is 0 Å². The van der Waals surface area contributed by atoms with Crippen molar-refractivity contribution in [2.45, 2.75) is 13.1 Å². The minimum absolute atomic E-state index is 0.130. The molecule has 0 saturated carbocycles. The summed E-state index contributed by atoms with van der Waals surface area (Å²) in [5.41, 5.74) is 0.614. The molecule has 2 aromatic heterocycles. The number of fused-ring (bicyclic) bond motifs is 1. The molecule has 0 radical (unpaired) electrons. The van der Waals surface area contributed by atoms with Crippen LogP contribution in [0, 0.1) is 0 Å². The summed E-state index contributed by atoms with van der Waals surface area (Å²) in [6, 6.07) is 11.2. The van der Waals surface area contributed by atoms with Gasteiger partial charge in [-0.15, -0.1) is 5.10 Å². The number of nitrogens with zero attached hydrogens (tertiary/aromatic N) is 4. The van der Waals surface area contributed by atoms with Gasteiger partial charge in [0, 0.05) is 18.9 Å². The zero-order valence-corrected chi connectivity index (χ0v) is 11.1. The Morgan fingerprint density at radius 3 is 2.76 bits per heavy atom. The van der Waals surface area contributed by atoms with E-state index in [-0.39, 0.29) is 23.9 Å². The molecule has 0 saturated heterocycles. The van der Waals surface area contributed by atoms with Crippen molar-refractivity contribution in [2.24, 2.45) is 0 Å². The number of amides is 1. The highest BCUT2D eigenvalue weighted by atomic mass is 16.2. The number of rotatable bonds is 4. The van der Waals surface area contributed by atoms with Crippen molar-refractivity contribution in [1.29, 1.82) is 0 Å². The van der Waals surface area contributed by atoms with Crippen LogP contribution in [0.3, 0.4) is 0 Å². The minimum atomic E-state index is -0.382. The number of hydrogen-bond donors (Lipinski definition) is 1. The molecule has 2 heterocycles. The number of carbonyl (C=O) groups excluding carboxylic acids is 1. The van der Waals surface area contributed by atoms with E-state index in [1.54, 1.807) is 18.5 Å². The Labute approximate surface area is 119 Å². The zero-order chi connectivity index (χ0) is 14.7. The standard InChI is InChI=1S/C14H13N5O2/c20-12(16-9-11-5-2-1-3-6-11)10-19-14(21)18-8-4-7-15-13(18)17-19/h1-8H,9-10H2,(H,16,20). The van der Waals surface area contributed by atoms with E-state index in [0.717, 1.165) is 10.2 Å². The van der Waals surface area contributed by atoms with E-state index in [0.29, 0.717) is 6.54 Å². The quantitative estimate of drug-likeness (QED) is 0.742. The number of nitrogens with one attached hydrogen (secondary N) is 1. The van der Waals surface area contributed by atoms with E-state index >= 15 is 0 Å². The van der Waals surface area contributed by atoms with Crippen LogP contribution >= 0.6 is 0 Å². The van der Waals surface area contributed by atoms with Crippen molar-refractivity contribution in [1.82, 2.24) is 24.5 Å². The normalized spacial score (nSPS) is 10.7. The van der Waals surface area contributed by atoms with E-state index in [2.05, 4.69) is 15.4 Å². The molecule has 0 aliphatic rings. The fourth-order valence-corrected chi connectivity index (χ4v) is 1.95. The van der Waals surface area contributed by atoms with Crippen LogP contribution in [-0.2, 0) is 17.9 Å². The molecule has 1 N–H and O–H groups in total. The van der Waals surface area contributed by atoms with Gasteiger partial charge in [0.2, 0.25) is 5.91 Å². The molecular formula is C14H13N5O2. The average Bonchev–Trinajstić information content (AvgIpc) is 2.83. The fourth-order valence-electron chi connectivity index (χ4n) is 1.95. The highest BCUT2D eigenvalue weighted by Crippen LogP contribution is 1.97. The predicted octanol–water partition coefficient (Wildman–Crippen LogP) is 0.207. The number of benzene rings is 1. The van der Waals surface area contributed by atoms with Crippen LogP contribution in [0.2, 0.25) is 0 Å². The van der Waals surface area contributed by atoms with Gasteiger partial charge in [0.15, 0.2) is 0 Å². The van der Waals surface area contributed by atoms with Gasteiger partial charge in [-0.3, -0.25) is 4.79 Å². The molecule has 7 nitrogen and oxygen atoms in total. The highest BCUT2D eigenvalue weighted by molar-refractivity contribution is 5.75. The summed E-state index contributed by atoms with van der Waals surface area (Å²) < 4.78 is 2.40. The molecule has 0 atom stereocenters. The lowest BCUT2D eigenvalue weighted by atomic mass is 10.2. The molecule has 0 aliphatic carbocycles. The van der Waals surface area contributed by atoms with Gasteiger partial charge in [-0.05, 0) is 11.6 Å². The monoisotopic (exact) mass is 283 g/mol. The van der Waals surface area contributed by atoms with Gasteiger partial charge in [0.1, 0.15) is 6.54 Å². The smallest absolute Gasteiger partial charge is 0.350 e. The van der Waals surface area contributed by atoms with E-state index in [1.165, 1.54) is 4.40 Å². The molecule has 106 valence electrons. The van der Waals surface area contributed by atoms with Gasteiger partial charge in [0.25, 0.3) is 5.78 Å². The first kappa shape index (κ1) is 13.0. The van der Waals surface area contributed by atoms with Crippen LogP contribution in [0.5, 0.6) is 0 Å². The molecule has 3 aromatic rings. The summed E-state index contributed by atoms with van der Waals surface area (Å²) in [6.07, 6.45) is 3.11. The van der Waals surface area contributed by atoms with E-state index in [9.17, 15) is 9.59 Å². The van der Waals surface area contributed by atoms with Gasteiger partial charge in [-0.1, -0.05) is 30.3 Å². The zero-order valence-electron chi connectivity index (χ0n) is 11.1. The molecule has 7 heteroatoms. The summed E-state index contributed by atoms with van der Waals surface area (Å²) in [7, 11) is 0. The average molecular weight is 283 g/mol. The second-order valence-corrected chi connectivity index (χ2v) is 4.49. The Morgan fingerprint density at radius 1 is 1.19 bits per heavy atom. The first-order chi connectivity index (χ1) is 10.2. The molecule has 0 aliphatic heterocycles. The maximum Gasteiger partial charge on any atom is 0.352 e. The second kappa shape index (κ2) is 5.58. The van der Waals surface area contributed by atoms with Gasteiger partial charge in [-0.25, -0.2) is 18.9 Å². The molecular weight excluding hydrogens is 270 g/mol. The van der Waals surface area contributed by atoms with Crippen molar-refractivity contribution in [3.05, 3.63) is 64.8 Å². The Bertz CT molecular complexity index is 822. The summed E-state index contributed by atoms with van der Waals surface area (Å²) in [5.74, 6) is 0.00252. The number of carbonyl (C=O) groups is 1. The summed E-state index contributed by atoms with van der Waals surface area (Å²) in [4.78, 5) is 27.8. The third-order valence-electron chi connectivity index (χ3n) is 2.99. The highest BCUT2D eigenvalue weighted by Gasteiger charge is 2.10. The summed E-state index contributed by atoms with van der Waals surface area (Å²) in [5, 5.41) is 6.75. The molecule has 3 rings (SSSR count). The molecule has 0 bridgehead atoms. The van der Waals surface area contributed by atoms with Gasteiger partial charge < -0.3 is 5.32 Å². The van der Waals surface area contributed by atoms with Crippen LogP contribution in [0.1, 0.15) is 5.56 Å². The molecule has 0 fully saturated rings. The largest absolute Gasteiger partial charge is 0.352 e. The topological polar surface area (TPSA) is 81.3 Å². The van der Waals surface area contributed by atoms with Crippen LogP contribution in [-0.4, -0.2) is 25.1 Å². The molecule has 1 amide bonds. The fraction of sp³-hybridized carbons (Fsp3) is 0.143. The Kier molecular flexibility index (Phi) is 3.46. The summed E-state index contributed by atoms with van der Waals surface area (Å²) in [6.45, 7) is 0.287. The Balaban J connectivity index is 1.69. The maximum absolute atomic E-state index is 12.0. The SMILES string of the molecule is O=C(Cn1nc2ncccn2c1=O)NCc1ccccc1. The number of aromatic nitrogens is 4. The molecule has 0 unspecified atom stereocenters. The Morgan fingerprint density at radius 2 is 2.00 bits per heavy atom. The van der Waals surface area contributed by atoms with Crippen molar-refractivity contribution < 1.29 is 4.79 Å². The van der Waals surface area contributed by atoms with Gasteiger partial charge in [-0.2, -0.15) is 0 Å². The van der Waals surface area contributed by atoms with Crippen LogP contribution in [0.4, 0.5) is 0 Å². The molecule has 0 spiro atoms. The third-order valence-corrected chi connectivity index (χ3v) is 2.99. The van der Waals surface area contributed by atoms with E-state index in [1.807, 2.05) is 30.3 Å². The lowest BCUT2D eigenvalue weighted by molar-refractivity contribution is -0.122. The van der Waals surface area contributed by atoms with Crippen molar-refractivity contribution >= 4 is 11.7 Å². The summed E-state index contributed by atoms with van der Waals surface area (Å²) >= 11 is 0. The van der Waals surface area contributed by atoms with E-state index < -0.39 is 0 Å². The second-order valence-electron chi connectivity index (χ2n) is 4.49. The van der Waals surface area contributed by atoms with Crippen LogP contribution in [0.25, 0.3) is 5.78 Å².